The molecule has 1 atom stereocenters. The molecule has 1 fully saturated rings. The molecule has 1 aromatic rings. The first kappa shape index (κ1) is 16.3. The molecule has 1 nitrogen and oxygen atoms in total. The summed E-state index contributed by atoms with van der Waals surface area (Å²) in [4.78, 5) is 0. The lowest BCUT2D eigenvalue weighted by Crippen LogP contribution is -2.37. The summed E-state index contributed by atoms with van der Waals surface area (Å²) in [5, 5.41) is 0. The molecule has 0 aromatic heterocycles. The zero-order chi connectivity index (χ0) is 15.6. The van der Waals surface area contributed by atoms with Gasteiger partial charge in [0.15, 0.2) is 0 Å². The monoisotopic (exact) mass is 303 g/mol. The van der Waals surface area contributed by atoms with E-state index >= 15 is 0 Å². The van der Waals surface area contributed by atoms with Gasteiger partial charge in [0, 0.05) is 6.04 Å². The van der Waals surface area contributed by atoms with Crippen LogP contribution in [0.4, 0.5) is 17.6 Å². The van der Waals surface area contributed by atoms with Gasteiger partial charge in [-0.1, -0.05) is 6.07 Å². The van der Waals surface area contributed by atoms with Crippen LogP contribution in [-0.4, -0.2) is 12.2 Å². The minimum atomic E-state index is -4.08. The number of hydrogen-bond acceptors (Lipinski definition) is 1. The molecular weight excluding hydrogens is 282 g/mol. The van der Waals surface area contributed by atoms with Gasteiger partial charge in [-0.3, -0.25) is 0 Å². The lowest BCUT2D eigenvalue weighted by atomic mass is 9.77. The van der Waals surface area contributed by atoms with Gasteiger partial charge in [0.25, 0.3) is 0 Å². The smallest absolute Gasteiger partial charge is 0.327 e. The molecule has 1 aliphatic carbocycles. The fourth-order valence-electron chi connectivity index (χ4n) is 3.18. The average Bonchev–Trinajstić information content (AvgIpc) is 2.41. The van der Waals surface area contributed by atoms with Crippen molar-refractivity contribution in [2.75, 3.05) is 0 Å². The Labute approximate surface area is 122 Å². The van der Waals surface area contributed by atoms with Crippen molar-refractivity contribution >= 4 is 0 Å². The predicted octanol–water partition coefficient (Wildman–Crippen LogP) is 4.37. The van der Waals surface area contributed by atoms with Gasteiger partial charge in [-0.15, -0.1) is 0 Å². The van der Waals surface area contributed by atoms with Gasteiger partial charge in [0.05, 0.1) is 5.92 Å². The Morgan fingerprint density at radius 2 is 1.81 bits per heavy atom. The van der Waals surface area contributed by atoms with Gasteiger partial charge in [-0.05, 0) is 68.2 Å². The third-order valence-corrected chi connectivity index (χ3v) is 4.60. The van der Waals surface area contributed by atoms with Crippen LogP contribution in [-0.2, 0) is 6.42 Å². The molecule has 2 N–H and O–H groups in total. The highest BCUT2D eigenvalue weighted by atomic mass is 19.4. The summed E-state index contributed by atoms with van der Waals surface area (Å²) in [6, 6.07) is 4.41. The molecule has 0 amide bonds. The molecule has 1 aromatic carbocycles. The minimum Gasteiger partial charge on any atom is -0.327 e. The predicted molar refractivity (Wildman–Crippen MR) is 74.3 cm³/mol. The summed E-state index contributed by atoms with van der Waals surface area (Å²) in [6.45, 7) is 1.83. The minimum absolute atomic E-state index is 0.119. The Hall–Kier alpha value is -1.10. The van der Waals surface area contributed by atoms with Crippen molar-refractivity contribution in [1.82, 2.24) is 0 Å². The molecule has 1 unspecified atom stereocenters. The molecule has 21 heavy (non-hydrogen) atoms. The Morgan fingerprint density at radius 1 is 1.19 bits per heavy atom. The Kier molecular flexibility index (Phi) is 4.91. The van der Waals surface area contributed by atoms with Crippen molar-refractivity contribution in [1.29, 1.82) is 0 Å². The lowest BCUT2D eigenvalue weighted by molar-refractivity contribution is -0.184. The van der Waals surface area contributed by atoms with E-state index in [2.05, 4.69) is 0 Å². The van der Waals surface area contributed by atoms with Crippen LogP contribution in [0.1, 0.15) is 36.8 Å². The molecule has 0 aliphatic heterocycles. The third kappa shape index (κ3) is 4.19. The fourth-order valence-corrected chi connectivity index (χ4v) is 3.18. The topological polar surface area (TPSA) is 26.0 Å². The van der Waals surface area contributed by atoms with Crippen molar-refractivity contribution in [2.45, 2.75) is 51.2 Å². The number of hydrogen-bond donors (Lipinski definition) is 1. The molecule has 0 radical (unpaired) electrons. The van der Waals surface area contributed by atoms with Gasteiger partial charge in [0.2, 0.25) is 0 Å². The number of alkyl halides is 3. The van der Waals surface area contributed by atoms with E-state index in [-0.39, 0.29) is 30.6 Å². The standard InChI is InChI=1S/C16H21F4N/c1-10-8-14(17)7-4-12(10)9-15(21)11-2-5-13(6-3-11)16(18,19)20/h4,7-8,11,13,15H,2-3,5-6,9,21H2,1H3. The van der Waals surface area contributed by atoms with E-state index in [0.717, 1.165) is 11.1 Å². The SMILES string of the molecule is Cc1cc(F)ccc1CC(N)C1CCC(C(F)(F)F)CC1. The highest BCUT2D eigenvalue weighted by Gasteiger charge is 2.42. The fraction of sp³-hybridized carbons (Fsp3) is 0.625. The average molecular weight is 303 g/mol. The number of halogens is 4. The van der Waals surface area contributed by atoms with E-state index in [9.17, 15) is 17.6 Å². The van der Waals surface area contributed by atoms with E-state index in [1.807, 2.05) is 6.92 Å². The number of benzene rings is 1. The largest absolute Gasteiger partial charge is 0.391 e. The maximum absolute atomic E-state index is 13.1. The summed E-state index contributed by atoms with van der Waals surface area (Å²) in [6.07, 6.45) is -2.11. The molecule has 1 saturated carbocycles. The zero-order valence-electron chi connectivity index (χ0n) is 12.1. The van der Waals surface area contributed by atoms with Crippen LogP contribution < -0.4 is 5.73 Å². The summed E-state index contributed by atoms with van der Waals surface area (Å²) in [5.74, 6) is -1.34. The van der Waals surface area contributed by atoms with Gasteiger partial charge < -0.3 is 5.73 Å². The van der Waals surface area contributed by atoms with E-state index in [1.165, 1.54) is 12.1 Å². The van der Waals surface area contributed by atoms with Crippen LogP contribution in [0.3, 0.4) is 0 Å². The summed E-state index contributed by atoms with van der Waals surface area (Å²) >= 11 is 0. The van der Waals surface area contributed by atoms with Gasteiger partial charge >= 0.3 is 6.18 Å². The van der Waals surface area contributed by atoms with Crippen molar-refractivity contribution < 1.29 is 17.6 Å². The number of rotatable bonds is 3. The van der Waals surface area contributed by atoms with Crippen LogP contribution in [0.15, 0.2) is 18.2 Å². The molecule has 0 spiro atoms. The first-order chi connectivity index (χ1) is 9.77. The lowest BCUT2D eigenvalue weighted by Gasteiger charge is -2.33. The van der Waals surface area contributed by atoms with E-state index < -0.39 is 12.1 Å². The highest BCUT2D eigenvalue weighted by molar-refractivity contribution is 5.27. The normalized spacial score (nSPS) is 24.9. The first-order valence-electron chi connectivity index (χ1n) is 7.34. The Bertz CT molecular complexity index is 476. The Balaban J connectivity index is 1.92. The van der Waals surface area contributed by atoms with Gasteiger partial charge in [-0.25, -0.2) is 4.39 Å². The van der Waals surface area contributed by atoms with E-state index in [1.54, 1.807) is 6.07 Å². The van der Waals surface area contributed by atoms with Crippen molar-refractivity contribution in [2.24, 2.45) is 17.6 Å². The third-order valence-electron chi connectivity index (χ3n) is 4.60. The second-order valence-electron chi connectivity index (χ2n) is 6.09. The second kappa shape index (κ2) is 6.34. The van der Waals surface area contributed by atoms with Crippen molar-refractivity contribution in [3.63, 3.8) is 0 Å². The van der Waals surface area contributed by atoms with Crippen LogP contribution in [0.25, 0.3) is 0 Å². The second-order valence-corrected chi connectivity index (χ2v) is 6.09. The van der Waals surface area contributed by atoms with Gasteiger partial charge in [-0.2, -0.15) is 13.2 Å². The molecule has 1 aliphatic rings. The molecule has 0 heterocycles. The molecule has 0 saturated heterocycles. The molecular formula is C16H21F4N. The highest BCUT2D eigenvalue weighted by Crippen LogP contribution is 2.40. The van der Waals surface area contributed by atoms with Crippen molar-refractivity contribution in [3.05, 3.63) is 35.1 Å². The van der Waals surface area contributed by atoms with E-state index in [4.69, 9.17) is 5.73 Å². The molecule has 2 rings (SSSR count). The molecule has 5 heteroatoms. The van der Waals surface area contributed by atoms with Crippen LogP contribution in [0.5, 0.6) is 0 Å². The summed E-state index contributed by atoms with van der Waals surface area (Å²) in [5.41, 5.74) is 7.98. The zero-order valence-corrected chi connectivity index (χ0v) is 12.1. The summed E-state index contributed by atoms with van der Waals surface area (Å²) < 4.78 is 51.0. The van der Waals surface area contributed by atoms with Crippen LogP contribution in [0, 0.1) is 24.6 Å². The van der Waals surface area contributed by atoms with Crippen LogP contribution >= 0.6 is 0 Å². The first-order valence-corrected chi connectivity index (χ1v) is 7.34. The Morgan fingerprint density at radius 3 is 2.33 bits per heavy atom. The maximum atomic E-state index is 13.1. The number of nitrogens with two attached hydrogens (primary N) is 1. The van der Waals surface area contributed by atoms with Gasteiger partial charge in [0.1, 0.15) is 5.82 Å². The van der Waals surface area contributed by atoms with E-state index in [0.29, 0.717) is 19.3 Å². The quantitative estimate of drug-likeness (QED) is 0.824. The number of aryl methyl sites for hydroxylation is 1. The van der Waals surface area contributed by atoms with Crippen LogP contribution in [0.2, 0.25) is 0 Å². The molecule has 118 valence electrons. The van der Waals surface area contributed by atoms with Crippen molar-refractivity contribution in [3.8, 4) is 0 Å². The summed E-state index contributed by atoms with van der Waals surface area (Å²) in [7, 11) is 0. The maximum Gasteiger partial charge on any atom is 0.391 e. The molecule has 0 bridgehead atoms.